The third-order valence-corrected chi connectivity index (χ3v) is 4.12. The lowest BCUT2D eigenvalue weighted by molar-refractivity contribution is 0.561. The predicted molar refractivity (Wildman–Crippen MR) is 73.7 cm³/mol. The fourth-order valence-electron chi connectivity index (χ4n) is 1.77. The van der Waals surface area contributed by atoms with Gasteiger partial charge in [0.25, 0.3) is 0 Å². The highest BCUT2D eigenvalue weighted by Gasteiger charge is 2.14. The Bertz CT molecular complexity index is 464. The molecule has 1 nitrogen and oxygen atoms in total. The molecule has 0 bridgehead atoms. The molecule has 0 aliphatic carbocycles. The summed E-state index contributed by atoms with van der Waals surface area (Å²) >= 11 is 5.02. The largest absolute Gasteiger partial charge is 0.324 e. The molecule has 2 rings (SSSR count). The van der Waals surface area contributed by atoms with Crippen molar-refractivity contribution in [1.29, 1.82) is 0 Å². The number of nitrogens with two attached hydrogens (primary N) is 1. The van der Waals surface area contributed by atoms with Gasteiger partial charge in [0.2, 0.25) is 0 Å². The first kappa shape index (κ1) is 12.7. The van der Waals surface area contributed by atoms with E-state index in [0.717, 1.165) is 17.3 Å². The van der Waals surface area contributed by atoms with Gasteiger partial charge in [-0.1, -0.05) is 22.0 Å². The summed E-state index contributed by atoms with van der Waals surface area (Å²) in [6, 6.07) is 6.75. The monoisotopic (exact) mass is 313 g/mol. The molecular formula is C13H13BrFNS. The van der Waals surface area contributed by atoms with Crippen molar-refractivity contribution in [3.8, 4) is 0 Å². The van der Waals surface area contributed by atoms with Crippen molar-refractivity contribution in [2.24, 2.45) is 5.73 Å². The zero-order valence-electron chi connectivity index (χ0n) is 9.20. The highest BCUT2D eigenvalue weighted by atomic mass is 79.9. The number of hydrogen-bond acceptors (Lipinski definition) is 2. The second-order valence-corrected chi connectivity index (χ2v) is 5.55. The SMILES string of the molecule is NC(CCc1ccsc1)c1c(F)cccc1Br. The van der Waals surface area contributed by atoms with Crippen LogP contribution in [0.25, 0.3) is 0 Å². The van der Waals surface area contributed by atoms with Gasteiger partial charge in [-0.05, 0) is 47.4 Å². The van der Waals surface area contributed by atoms with Crippen molar-refractivity contribution in [3.05, 3.63) is 56.4 Å². The smallest absolute Gasteiger partial charge is 0.129 e. The lowest BCUT2D eigenvalue weighted by Gasteiger charge is -2.14. The van der Waals surface area contributed by atoms with Crippen LogP contribution in [0.4, 0.5) is 4.39 Å². The summed E-state index contributed by atoms with van der Waals surface area (Å²) in [4.78, 5) is 0. The molecule has 0 fully saturated rings. The van der Waals surface area contributed by atoms with Gasteiger partial charge in [-0.3, -0.25) is 0 Å². The van der Waals surface area contributed by atoms with E-state index in [-0.39, 0.29) is 11.9 Å². The third-order valence-electron chi connectivity index (χ3n) is 2.69. The number of aryl methyl sites for hydroxylation is 1. The fraction of sp³-hybridized carbons (Fsp3) is 0.231. The minimum absolute atomic E-state index is 0.239. The van der Waals surface area contributed by atoms with E-state index in [2.05, 4.69) is 27.4 Å². The van der Waals surface area contributed by atoms with E-state index in [9.17, 15) is 4.39 Å². The standard InChI is InChI=1S/C13H13BrFNS/c14-10-2-1-3-11(15)13(10)12(16)5-4-9-6-7-17-8-9/h1-3,6-8,12H,4-5,16H2. The van der Waals surface area contributed by atoms with Gasteiger partial charge in [-0.15, -0.1) is 0 Å². The maximum Gasteiger partial charge on any atom is 0.129 e. The summed E-state index contributed by atoms with van der Waals surface area (Å²) in [5.41, 5.74) is 7.88. The quantitative estimate of drug-likeness (QED) is 0.895. The number of rotatable bonds is 4. The molecule has 1 aromatic carbocycles. The van der Waals surface area contributed by atoms with Gasteiger partial charge < -0.3 is 5.73 Å². The van der Waals surface area contributed by atoms with Crippen molar-refractivity contribution in [3.63, 3.8) is 0 Å². The fourth-order valence-corrected chi connectivity index (χ4v) is 3.11. The summed E-state index contributed by atoms with van der Waals surface area (Å²) in [7, 11) is 0. The first-order chi connectivity index (χ1) is 8.18. The molecule has 0 saturated carbocycles. The number of thiophene rings is 1. The molecule has 17 heavy (non-hydrogen) atoms. The molecule has 1 heterocycles. The lowest BCUT2D eigenvalue weighted by Crippen LogP contribution is -2.13. The van der Waals surface area contributed by atoms with Crippen LogP contribution in [-0.4, -0.2) is 0 Å². The van der Waals surface area contributed by atoms with Gasteiger partial charge in [0.1, 0.15) is 5.82 Å². The molecule has 90 valence electrons. The van der Waals surface area contributed by atoms with E-state index >= 15 is 0 Å². The Kier molecular flexibility index (Phi) is 4.31. The van der Waals surface area contributed by atoms with E-state index < -0.39 is 0 Å². The topological polar surface area (TPSA) is 26.0 Å². The van der Waals surface area contributed by atoms with E-state index in [1.54, 1.807) is 17.4 Å². The van der Waals surface area contributed by atoms with E-state index in [4.69, 9.17) is 5.73 Å². The first-order valence-electron chi connectivity index (χ1n) is 5.39. The van der Waals surface area contributed by atoms with E-state index in [1.165, 1.54) is 11.6 Å². The van der Waals surface area contributed by atoms with Gasteiger partial charge in [0.05, 0.1) is 0 Å². The van der Waals surface area contributed by atoms with Crippen LogP contribution in [0.15, 0.2) is 39.5 Å². The Balaban J connectivity index is 2.07. The average Bonchev–Trinajstić information content (AvgIpc) is 2.79. The summed E-state index contributed by atoms with van der Waals surface area (Å²) < 4.78 is 14.4. The van der Waals surface area contributed by atoms with Crippen LogP contribution in [0.3, 0.4) is 0 Å². The number of hydrogen-bond donors (Lipinski definition) is 1. The molecule has 1 aromatic heterocycles. The maximum atomic E-state index is 13.7. The Morgan fingerprint density at radius 1 is 1.35 bits per heavy atom. The van der Waals surface area contributed by atoms with Crippen LogP contribution in [-0.2, 0) is 6.42 Å². The molecule has 2 aromatic rings. The minimum Gasteiger partial charge on any atom is -0.324 e. The molecule has 0 saturated heterocycles. The molecule has 0 radical (unpaired) electrons. The zero-order valence-corrected chi connectivity index (χ0v) is 11.6. The highest BCUT2D eigenvalue weighted by molar-refractivity contribution is 9.10. The Morgan fingerprint density at radius 3 is 2.82 bits per heavy atom. The van der Waals surface area contributed by atoms with Crippen molar-refractivity contribution in [1.82, 2.24) is 0 Å². The summed E-state index contributed by atoms with van der Waals surface area (Å²) in [6.45, 7) is 0. The second-order valence-electron chi connectivity index (χ2n) is 3.91. The lowest BCUT2D eigenvalue weighted by atomic mass is 10.0. The maximum absolute atomic E-state index is 13.7. The predicted octanol–water partition coefficient (Wildman–Crippen LogP) is 4.28. The van der Waals surface area contributed by atoms with Crippen molar-refractivity contribution >= 4 is 27.3 Å². The molecular weight excluding hydrogens is 301 g/mol. The minimum atomic E-state index is -0.273. The summed E-state index contributed by atoms with van der Waals surface area (Å²) in [6.07, 6.45) is 1.63. The van der Waals surface area contributed by atoms with Gasteiger partial charge >= 0.3 is 0 Å². The molecule has 0 aliphatic rings. The Morgan fingerprint density at radius 2 is 2.18 bits per heavy atom. The van der Waals surface area contributed by atoms with E-state index in [1.807, 2.05) is 11.4 Å². The third kappa shape index (κ3) is 3.15. The molecule has 4 heteroatoms. The highest BCUT2D eigenvalue weighted by Crippen LogP contribution is 2.27. The number of halogens is 2. The Hall–Kier alpha value is -0.710. The van der Waals surface area contributed by atoms with Crippen LogP contribution >= 0.6 is 27.3 Å². The molecule has 0 aliphatic heterocycles. The molecule has 0 amide bonds. The van der Waals surface area contributed by atoms with Crippen molar-refractivity contribution < 1.29 is 4.39 Å². The second kappa shape index (κ2) is 5.76. The molecule has 2 N–H and O–H groups in total. The van der Waals surface area contributed by atoms with E-state index in [0.29, 0.717) is 5.56 Å². The van der Waals surface area contributed by atoms with Gasteiger partial charge in [-0.2, -0.15) is 11.3 Å². The van der Waals surface area contributed by atoms with Gasteiger partial charge in [-0.25, -0.2) is 4.39 Å². The molecule has 0 spiro atoms. The Labute approximate surface area is 113 Å². The van der Waals surface area contributed by atoms with Crippen molar-refractivity contribution in [2.45, 2.75) is 18.9 Å². The first-order valence-corrected chi connectivity index (χ1v) is 7.12. The van der Waals surface area contributed by atoms with Crippen LogP contribution in [0, 0.1) is 5.82 Å². The van der Waals surface area contributed by atoms with Crippen LogP contribution in [0.1, 0.15) is 23.6 Å². The zero-order chi connectivity index (χ0) is 12.3. The molecule has 1 unspecified atom stereocenters. The van der Waals surface area contributed by atoms with Crippen molar-refractivity contribution in [2.75, 3.05) is 0 Å². The van der Waals surface area contributed by atoms with Crippen LogP contribution in [0.5, 0.6) is 0 Å². The number of benzene rings is 1. The van der Waals surface area contributed by atoms with Gasteiger partial charge in [0, 0.05) is 16.1 Å². The summed E-state index contributed by atoms with van der Waals surface area (Å²) in [5.74, 6) is -0.239. The van der Waals surface area contributed by atoms with Crippen LogP contribution < -0.4 is 5.73 Å². The summed E-state index contributed by atoms with van der Waals surface area (Å²) in [5, 5.41) is 4.14. The average molecular weight is 314 g/mol. The molecule has 1 atom stereocenters. The normalized spacial score (nSPS) is 12.6. The van der Waals surface area contributed by atoms with Gasteiger partial charge in [0.15, 0.2) is 0 Å². The van der Waals surface area contributed by atoms with Crippen LogP contribution in [0.2, 0.25) is 0 Å².